The Morgan fingerprint density at radius 3 is 2.59 bits per heavy atom. The van der Waals surface area contributed by atoms with Crippen LogP contribution < -0.4 is 11.5 Å². The van der Waals surface area contributed by atoms with E-state index in [0.29, 0.717) is 22.0 Å². The van der Waals surface area contributed by atoms with E-state index >= 15 is 0 Å². The molecule has 0 aliphatic heterocycles. The van der Waals surface area contributed by atoms with Crippen molar-refractivity contribution in [3.8, 4) is 0 Å². The van der Waals surface area contributed by atoms with Gasteiger partial charge in [-0.3, -0.25) is 4.79 Å². The predicted octanol–water partition coefficient (Wildman–Crippen LogP) is 1.70. The van der Waals surface area contributed by atoms with Gasteiger partial charge >= 0.3 is 0 Å². The lowest BCUT2D eigenvalue weighted by Gasteiger charge is -2.06. The van der Waals surface area contributed by atoms with Gasteiger partial charge in [-0.2, -0.15) is 9.78 Å². The summed E-state index contributed by atoms with van der Waals surface area (Å²) >= 11 is 5.76. The van der Waals surface area contributed by atoms with Gasteiger partial charge in [0.2, 0.25) is 0 Å². The van der Waals surface area contributed by atoms with Gasteiger partial charge in [-0.05, 0) is 25.1 Å². The molecule has 0 bridgehead atoms. The van der Waals surface area contributed by atoms with Gasteiger partial charge in [-0.1, -0.05) is 11.6 Å². The predicted molar refractivity (Wildman–Crippen MR) is 67.0 cm³/mol. The third-order valence-corrected chi connectivity index (χ3v) is 2.53. The fourth-order valence-electron chi connectivity index (χ4n) is 1.52. The first kappa shape index (κ1) is 11.5. The highest BCUT2D eigenvalue weighted by Gasteiger charge is 2.15. The zero-order valence-corrected chi connectivity index (χ0v) is 9.90. The van der Waals surface area contributed by atoms with Crippen molar-refractivity contribution < 1.29 is 4.79 Å². The summed E-state index contributed by atoms with van der Waals surface area (Å²) in [5, 5.41) is 4.48. The topological polar surface area (TPSA) is 86.9 Å². The van der Waals surface area contributed by atoms with E-state index in [0.717, 1.165) is 4.68 Å². The van der Waals surface area contributed by atoms with E-state index in [1.165, 1.54) is 6.07 Å². The second-order valence-corrected chi connectivity index (χ2v) is 4.10. The fourth-order valence-corrected chi connectivity index (χ4v) is 1.71. The number of halogens is 1. The van der Waals surface area contributed by atoms with E-state index in [1.807, 2.05) is 0 Å². The molecule has 0 unspecified atom stereocenters. The Hall–Kier alpha value is -2.01. The minimum atomic E-state index is -0.371. The van der Waals surface area contributed by atoms with Crippen molar-refractivity contribution in [1.29, 1.82) is 0 Å². The highest BCUT2D eigenvalue weighted by atomic mass is 35.5. The van der Waals surface area contributed by atoms with Crippen molar-refractivity contribution in [3.05, 3.63) is 40.5 Å². The molecule has 0 amide bonds. The molecule has 1 heterocycles. The van der Waals surface area contributed by atoms with Crippen LogP contribution >= 0.6 is 11.6 Å². The Balaban J connectivity index is 2.47. The molecular formula is C11H11ClN4O. The number of nitrogens with zero attached hydrogens (tertiary/aromatic N) is 2. The van der Waals surface area contributed by atoms with Crippen molar-refractivity contribution >= 4 is 29.0 Å². The van der Waals surface area contributed by atoms with Crippen LogP contribution in [-0.4, -0.2) is 15.7 Å². The van der Waals surface area contributed by atoms with Crippen LogP contribution in [-0.2, 0) is 0 Å². The summed E-state index contributed by atoms with van der Waals surface area (Å²) in [7, 11) is 0. The van der Waals surface area contributed by atoms with Gasteiger partial charge < -0.3 is 11.5 Å². The summed E-state index contributed by atoms with van der Waals surface area (Å²) in [5.74, 6) is -0.0911. The van der Waals surface area contributed by atoms with E-state index in [-0.39, 0.29) is 11.7 Å². The molecule has 0 spiro atoms. The van der Waals surface area contributed by atoms with Gasteiger partial charge in [-0.15, -0.1) is 0 Å². The number of hydrogen-bond donors (Lipinski definition) is 2. The smallest absolute Gasteiger partial charge is 0.282 e. The highest BCUT2D eigenvalue weighted by molar-refractivity contribution is 6.31. The third kappa shape index (κ3) is 2.09. The maximum absolute atomic E-state index is 12.1. The molecule has 6 heteroatoms. The normalized spacial score (nSPS) is 10.5. The minimum Gasteiger partial charge on any atom is -0.398 e. The summed E-state index contributed by atoms with van der Waals surface area (Å²) in [6, 6.07) is 6.28. The van der Waals surface area contributed by atoms with E-state index in [1.54, 1.807) is 25.1 Å². The highest BCUT2D eigenvalue weighted by Crippen LogP contribution is 2.20. The molecule has 2 rings (SSSR count). The van der Waals surface area contributed by atoms with Crippen LogP contribution in [0.2, 0.25) is 5.02 Å². The number of rotatable bonds is 1. The molecule has 4 N–H and O–H groups in total. The number of carbonyl (C=O) groups excluding carboxylic acids is 1. The zero-order valence-electron chi connectivity index (χ0n) is 9.14. The molecule has 2 aromatic rings. The monoisotopic (exact) mass is 250 g/mol. The Labute approximate surface area is 103 Å². The molecule has 0 radical (unpaired) electrons. The van der Waals surface area contributed by atoms with Gasteiger partial charge in [-0.25, -0.2) is 0 Å². The molecule has 1 aromatic carbocycles. The maximum Gasteiger partial charge on any atom is 0.282 e. The largest absolute Gasteiger partial charge is 0.398 e. The molecule has 88 valence electrons. The third-order valence-electron chi connectivity index (χ3n) is 2.30. The van der Waals surface area contributed by atoms with Crippen molar-refractivity contribution in [1.82, 2.24) is 9.78 Å². The molecule has 0 fully saturated rings. The van der Waals surface area contributed by atoms with Crippen LogP contribution in [0, 0.1) is 6.92 Å². The van der Waals surface area contributed by atoms with Crippen LogP contribution in [0.3, 0.4) is 0 Å². The first-order chi connectivity index (χ1) is 7.99. The Morgan fingerprint density at radius 1 is 1.35 bits per heavy atom. The van der Waals surface area contributed by atoms with Gasteiger partial charge in [0, 0.05) is 16.8 Å². The van der Waals surface area contributed by atoms with E-state index < -0.39 is 0 Å². The van der Waals surface area contributed by atoms with Crippen LogP contribution in [0.15, 0.2) is 24.3 Å². The number of hydrogen-bond acceptors (Lipinski definition) is 4. The summed E-state index contributed by atoms with van der Waals surface area (Å²) in [5.41, 5.74) is 12.7. The number of carbonyl (C=O) groups is 1. The first-order valence-corrected chi connectivity index (χ1v) is 5.28. The van der Waals surface area contributed by atoms with Crippen LogP contribution in [0.4, 0.5) is 11.5 Å². The van der Waals surface area contributed by atoms with E-state index in [4.69, 9.17) is 23.1 Å². The van der Waals surface area contributed by atoms with Crippen LogP contribution in [0.25, 0.3) is 0 Å². The fraction of sp³-hybridized carbons (Fsp3) is 0.0909. The lowest BCUT2D eigenvalue weighted by molar-refractivity contribution is 0.0948. The average molecular weight is 251 g/mol. The van der Waals surface area contributed by atoms with Crippen molar-refractivity contribution in [2.75, 3.05) is 11.5 Å². The first-order valence-electron chi connectivity index (χ1n) is 4.91. The summed E-state index contributed by atoms with van der Waals surface area (Å²) < 4.78 is 1.12. The lowest BCUT2D eigenvalue weighted by Crippen LogP contribution is -2.17. The number of aryl methyl sites for hydroxylation is 1. The second kappa shape index (κ2) is 4.10. The molecule has 0 saturated heterocycles. The summed E-state index contributed by atoms with van der Waals surface area (Å²) in [6.07, 6.45) is 0. The van der Waals surface area contributed by atoms with E-state index in [2.05, 4.69) is 5.10 Å². The number of nitrogen functional groups attached to an aromatic ring is 2. The Kier molecular flexibility index (Phi) is 2.77. The van der Waals surface area contributed by atoms with Gasteiger partial charge in [0.05, 0.1) is 11.3 Å². The number of aromatic nitrogens is 2. The van der Waals surface area contributed by atoms with Crippen molar-refractivity contribution in [2.45, 2.75) is 6.92 Å². The number of benzene rings is 1. The van der Waals surface area contributed by atoms with Crippen molar-refractivity contribution in [2.24, 2.45) is 0 Å². The number of anilines is 2. The van der Waals surface area contributed by atoms with Crippen LogP contribution in [0.5, 0.6) is 0 Å². The second-order valence-electron chi connectivity index (χ2n) is 3.66. The van der Waals surface area contributed by atoms with E-state index in [9.17, 15) is 4.79 Å². The molecular weight excluding hydrogens is 240 g/mol. The molecule has 0 aliphatic rings. The molecule has 0 atom stereocenters. The SMILES string of the molecule is Cc1cc(N)n(C(=O)c2ccc(Cl)cc2N)n1. The van der Waals surface area contributed by atoms with Gasteiger partial charge in [0.15, 0.2) is 0 Å². The number of nitrogens with two attached hydrogens (primary N) is 2. The lowest BCUT2D eigenvalue weighted by atomic mass is 10.1. The molecule has 1 aromatic heterocycles. The standard InChI is InChI=1S/C11H11ClN4O/c1-6-4-10(14)16(15-6)11(17)8-3-2-7(12)5-9(8)13/h2-5H,13-14H2,1H3. The summed E-state index contributed by atoms with van der Waals surface area (Å²) in [4.78, 5) is 12.1. The Morgan fingerprint density at radius 2 is 2.06 bits per heavy atom. The molecule has 0 aliphatic carbocycles. The average Bonchev–Trinajstić information content (AvgIpc) is 2.57. The molecule has 5 nitrogen and oxygen atoms in total. The zero-order chi connectivity index (χ0) is 12.6. The molecule has 17 heavy (non-hydrogen) atoms. The van der Waals surface area contributed by atoms with Crippen LogP contribution in [0.1, 0.15) is 16.1 Å². The minimum absolute atomic E-state index is 0.279. The van der Waals surface area contributed by atoms with Gasteiger partial charge in [0.25, 0.3) is 5.91 Å². The molecule has 0 saturated carbocycles. The quantitative estimate of drug-likeness (QED) is 0.754. The maximum atomic E-state index is 12.1. The van der Waals surface area contributed by atoms with Crippen molar-refractivity contribution in [3.63, 3.8) is 0 Å². The van der Waals surface area contributed by atoms with Gasteiger partial charge in [0.1, 0.15) is 5.82 Å². The Bertz CT molecular complexity index is 591. The summed E-state index contributed by atoms with van der Waals surface area (Å²) in [6.45, 7) is 1.76.